The van der Waals surface area contributed by atoms with Crippen molar-refractivity contribution in [3.8, 4) is 0 Å². The second-order valence-corrected chi connectivity index (χ2v) is 6.89. The van der Waals surface area contributed by atoms with Crippen LogP contribution in [-0.2, 0) is 11.2 Å². The van der Waals surface area contributed by atoms with Crippen molar-refractivity contribution in [3.05, 3.63) is 65.7 Å². The highest BCUT2D eigenvalue weighted by Gasteiger charge is 2.31. The molecule has 1 aliphatic heterocycles. The Kier molecular flexibility index (Phi) is 5.17. The maximum atomic E-state index is 13.1. The number of nitrogens with one attached hydrogen (secondary N) is 1. The van der Waals surface area contributed by atoms with Crippen LogP contribution in [-0.4, -0.2) is 24.4 Å². The SMILES string of the molecule is CC(C)C[C@H](NC(=O)c1ccccc1)C(=O)N1CCc2ccccc21. The Morgan fingerprint density at radius 1 is 1.04 bits per heavy atom. The summed E-state index contributed by atoms with van der Waals surface area (Å²) < 4.78 is 0. The van der Waals surface area contributed by atoms with E-state index in [4.69, 9.17) is 0 Å². The molecular formula is C21H24N2O2. The zero-order valence-corrected chi connectivity index (χ0v) is 14.7. The molecule has 0 fully saturated rings. The van der Waals surface area contributed by atoms with Crippen molar-refractivity contribution in [1.82, 2.24) is 5.32 Å². The lowest BCUT2D eigenvalue weighted by molar-refractivity contribution is -0.120. The lowest BCUT2D eigenvalue weighted by Gasteiger charge is -2.26. The summed E-state index contributed by atoms with van der Waals surface area (Å²) in [5, 5.41) is 2.94. The van der Waals surface area contributed by atoms with E-state index in [2.05, 4.69) is 25.2 Å². The first-order chi connectivity index (χ1) is 12.1. The highest BCUT2D eigenvalue weighted by molar-refractivity contribution is 6.03. The number of fused-ring (bicyclic) bond motifs is 1. The number of anilines is 1. The zero-order valence-electron chi connectivity index (χ0n) is 14.7. The molecule has 4 heteroatoms. The smallest absolute Gasteiger partial charge is 0.251 e. The fourth-order valence-corrected chi connectivity index (χ4v) is 3.28. The predicted octanol–water partition coefficient (Wildman–Crippen LogP) is 3.42. The second kappa shape index (κ2) is 7.51. The summed E-state index contributed by atoms with van der Waals surface area (Å²) in [6, 6.07) is 16.5. The molecule has 2 amide bonds. The van der Waals surface area contributed by atoms with Gasteiger partial charge in [-0.15, -0.1) is 0 Å². The summed E-state index contributed by atoms with van der Waals surface area (Å²) in [7, 11) is 0. The number of hydrogen-bond acceptors (Lipinski definition) is 2. The van der Waals surface area contributed by atoms with Gasteiger partial charge in [0.1, 0.15) is 6.04 Å². The lowest BCUT2D eigenvalue weighted by atomic mass is 10.0. The number of para-hydroxylation sites is 1. The number of carbonyl (C=O) groups excluding carboxylic acids is 2. The maximum absolute atomic E-state index is 13.1. The van der Waals surface area contributed by atoms with Crippen LogP contribution >= 0.6 is 0 Å². The first kappa shape index (κ1) is 17.2. The van der Waals surface area contributed by atoms with E-state index in [1.807, 2.05) is 41.3 Å². The minimum absolute atomic E-state index is 0.0251. The fraction of sp³-hybridized carbons (Fsp3) is 0.333. The molecule has 0 aliphatic carbocycles. The Balaban J connectivity index is 1.79. The number of nitrogens with zero attached hydrogens (tertiary/aromatic N) is 1. The van der Waals surface area contributed by atoms with Gasteiger partial charge in [-0.05, 0) is 42.5 Å². The van der Waals surface area contributed by atoms with E-state index in [-0.39, 0.29) is 11.8 Å². The number of carbonyl (C=O) groups is 2. The van der Waals surface area contributed by atoms with Gasteiger partial charge in [0.25, 0.3) is 5.91 Å². The van der Waals surface area contributed by atoms with Gasteiger partial charge in [-0.1, -0.05) is 50.2 Å². The lowest BCUT2D eigenvalue weighted by Crippen LogP contribution is -2.49. The summed E-state index contributed by atoms with van der Waals surface area (Å²) in [6.45, 7) is 4.80. The molecule has 4 nitrogen and oxygen atoms in total. The first-order valence-electron chi connectivity index (χ1n) is 8.81. The van der Waals surface area contributed by atoms with Crippen molar-refractivity contribution in [3.63, 3.8) is 0 Å². The van der Waals surface area contributed by atoms with Gasteiger partial charge in [-0.2, -0.15) is 0 Å². The molecule has 130 valence electrons. The van der Waals surface area contributed by atoms with E-state index in [0.29, 0.717) is 24.4 Å². The fourth-order valence-electron chi connectivity index (χ4n) is 3.28. The Morgan fingerprint density at radius 3 is 2.44 bits per heavy atom. The molecule has 2 aromatic carbocycles. The predicted molar refractivity (Wildman–Crippen MR) is 99.7 cm³/mol. The molecule has 25 heavy (non-hydrogen) atoms. The molecule has 1 aliphatic rings. The van der Waals surface area contributed by atoms with E-state index >= 15 is 0 Å². The van der Waals surface area contributed by atoms with E-state index in [1.165, 1.54) is 5.56 Å². The molecule has 3 rings (SSSR count). The van der Waals surface area contributed by atoms with Gasteiger partial charge in [0.15, 0.2) is 0 Å². The Labute approximate surface area is 148 Å². The van der Waals surface area contributed by atoms with Crippen molar-refractivity contribution in [2.24, 2.45) is 5.92 Å². The molecule has 1 N–H and O–H groups in total. The van der Waals surface area contributed by atoms with Crippen LogP contribution in [0, 0.1) is 5.92 Å². The minimum Gasteiger partial charge on any atom is -0.340 e. The molecule has 0 unspecified atom stereocenters. The van der Waals surface area contributed by atoms with Gasteiger partial charge in [-0.3, -0.25) is 9.59 Å². The topological polar surface area (TPSA) is 49.4 Å². The third-order valence-corrected chi connectivity index (χ3v) is 4.50. The average Bonchev–Trinajstić information content (AvgIpc) is 3.05. The largest absolute Gasteiger partial charge is 0.340 e. The normalized spacial score (nSPS) is 14.3. The molecule has 1 atom stereocenters. The van der Waals surface area contributed by atoms with Crippen LogP contribution in [0.25, 0.3) is 0 Å². The summed E-state index contributed by atoms with van der Waals surface area (Å²) in [6.07, 6.45) is 1.49. The third-order valence-electron chi connectivity index (χ3n) is 4.50. The molecule has 0 saturated carbocycles. The Hall–Kier alpha value is -2.62. The van der Waals surface area contributed by atoms with Crippen molar-refractivity contribution in [2.75, 3.05) is 11.4 Å². The van der Waals surface area contributed by atoms with Gasteiger partial charge in [-0.25, -0.2) is 0 Å². The van der Waals surface area contributed by atoms with E-state index in [1.54, 1.807) is 12.1 Å². The van der Waals surface area contributed by atoms with Crippen molar-refractivity contribution in [2.45, 2.75) is 32.7 Å². The van der Waals surface area contributed by atoms with Crippen LogP contribution in [0.1, 0.15) is 36.2 Å². The van der Waals surface area contributed by atoms with Gasteiger partial charge < -0.3 is 10.2 Å². The second-order valence-electron chi connectivity index (χ2n) is 6.89. The van der Waals surface area contributed by atoms with Crippen LogP contribution in [0.4, 0.5) is 5.69 Å². The molecule has 0 saturated heterocycles. The number of benzene rings is 2. The van der Waals surface area contributed by atoms with Gasteiger partial charge >= 0.3 is 0 Å². The van der Waals surface area contributed by atoms with Crippen molar-refractivity contribution >= 4 is 17.5 Å². The molecule has 1 heterocycles. The maximum Gasteiger partial charge on any atom is 0.251 e. The van der Waals surface area contributed by atoms with Crippen LogP contribution < -0.4 is 10.2 Å². The summed E-state index contributed by atoms with van der Waals surface area (Å²) in [5.74, 6) is 0.0814. The van der Waals surface area contributed by atoms with Crippen LogP contribution in [0.3, 0.4) is 0 Å². The molecule has 0 bridgehead atoms. The molecule has 2 aromatic rings. The minimum atomic E-state index is -0.515. The van der Waals surface area contributed by atoms with Crippen molar-refractivity contribution < 1.29 is 9.59 Å². The number of amides is 2. The van der Waals surface area contributed by atoms with E-state index < -0.39 is 6.04 Å². The first-order valence-corrected chi connectivity index (χ1v) is 8.81. The van der Waals surface area contributed by atoms with Gasteiger partial charge in [0.2, 0.25) is 5.91 Å². The standard InChI is InChI=1S/C21H24N2O2/c1-15(2)14-18(22-20(24)17-9-4-3-5-10-17)21(25)23-13-12-16-8-6-7-11-19(16)23/h3-11,15,18H,12-14H2,1-2H3,(H,22,24)/t18-/m0/s1. The van der Waals surface area contributed by atoms with Gasteiger partial charge in [0.05, 0.1) is 0 Å². The third kappa shape index (κ3) is 3.90. The molecule has 0 radical (unpaired) electrons. The number of hydrogen-bond donors (Lipinski definition) is 1. The average molecular weight is 336 g/mol. The molecule has 0 aromatic heterocycles. The van der Waals surface area contributed by atoms with Crippen LogP contribution in [0.5, 0.6) is 0 Å². The highest BCUT2D eigenvalue weighted by atomic mass is 16.2. The quantitative estimate of drug-likeness (QED) is 0.909. The zero-order chi connectivity index (χ0) is 17.8. The molecular weight excluding hydrogens is 312 g/mol. The molecule has 0 spiro atoms. The highest BCUT2D eigenvalue weighted by Crippen LogP contribution is 2.28. The summed E-state index contributed by atoms with van der Waals surface area (Å²) >= 11 is 0. The van der Waals surface area contributed by atoms with Crippen LogP contribution in [0.15, 0.2) is 54.6 Å². The van der Waals surface area contributed by atoms with Crippen LogP contribution in [0.2, 0.25) is 0 Å². The summed E-state index contributed by atoms with van der Waals surface area (Å²) in [5.41, 5.74) is 2.73. The van der Waals surface area contributed by atoms with Crippen molar-refractivity contribution in [1.29, 1.82) is 0 Å². The monoisotopic (exact) mass is 336 g/mol. The van der Waals surface area contributed by atoms with Gasteiger partial charge in [0, 0.05) is 17.8 Å². The Bertz CT molecular complexity index is 756. The van der Waals surface area contributed by atoms with E-state index in [9.17, 15) is 9.59 Å². The summed E-state index contributed by atoms with van der Waals surface area (Å²) in [4.78, 5) is 27.5. The number of rotatable bonds is 5. The Morgan fingerprint density at radius 2 is 1.72 bits per heavy atom. The van der Waals surface area contributed by atoms with E-state index in [0.717, 1.165) is 12.1 Å².